The standard InChI is InChI=1S/C12H24N4/c1-15(8-4-2-3-5-13)11-12-16-9-6-14-7-10-16/h14H,2-4,6-12H2,1H3. The van der Waals surface area contributed by atoms with E-state index in [-0.39, 0.29) is 0 Å². The van der Waals surface area contributed by atoms with E-state index in [4.69, 9.17) is 5.26 Å². The second-order valence-electron chi connectivity index (χ2n) is 4.51. The summed E-state index contributed by atoms with van der Waals surface area (Å²) in [4.78, 5) is 4.89. The van der Waals surface area contributed by atoms with E-state index in [1.54, 1.807) is 0 Å². The van der Waals surface area contributed by atoms with Crippen LogP contribution in [0, 0.1) is 11.3 Å². The number of nitriles is 1. The van der Waals surface area contributed by atoms with Crippen molar-refractivity contribution >= 4 is 0 Å². The predicted molar refractivity (Wildman–Crippen MR) is 66.3 cm³/mol. The van der Waals surface area contributed by atoms with Crippen LogP contribution < -0.4 is 5.32 Å². The molecule has 0 aromatic heterocycles. The number of unbranched alkanes of at least 4 members (excludes halogenated alkanes) is 2. The summed E-state index contributed by atoms with van der Waals surface area (Å²) in [5.41, 5.74) is 0. The molecule has 1 aliphatic rings. The van der Waals surface area contributed by atoms with E-state index >= 15 is 0 Å². The highest BCUT2D eigenvalue weighted by molar-refractivity contribution is 4.70. The van der Waals surface area contributed by atoms with Crippen molar-refractivity contribution in [2.24, 2.45) is 0 Å². The Bertz CT molecular complexity index is 206. The van der Waals surface area contributed by atoms with Crippen LogP contribution in [0.5, 0.6) is 0 Å². The molecule has 16 heavy (non-hydrogen) atoms. The molecule has 0 bridgehead atoms. The van der Waals surface area contributed by atoms with E-state index < -0.39 is 0 Å². The third-order valence-electron chi connectivity index (χ3n) is 3.09. The van der Waals surface area contributed by atoms with E-state index in [0.29, 0.717) is 6.42 Å². The fourth-order valence-corrected chi connectivity index (χ4v) is 1.94. The fourth-order valence-electron chi connectivity index (χ4n) is 1.94. The van der Waals surface area contributed by atoms with Gasteiger partial charge >= 0.3 is 0 Å². The Balaban J connectivity index is 1.96. The lowest BCUT2D eigenvalue weighted by Gasteiger charge is -2.29. The van der Waals surface area contributed by atoms with Gasteiger partial charge in [-0.1, -0.05) is 0 Å². The smallest absolute Gasteiger partial charge is 0.0621 e. The zero-order valence-corrected chi connectivity index (χ0v) is 10.4. The molecule has 0 radical (unpaired) electrons. The molecule has 0 aromatic rings. The van der Waals surface area contributed by atoms with Gasteiger partial charge in [-0.25, -0.2) is 0 Å². The van der Waals surface area contributed by atoms with Crippen LogP contribution in [0.3, 0.4) is 0 Å². The lowest BCUT2D eigenvalue weighted by atomic mass is 10.2. The van der Waals surface area contributed by atoms with Crippen molar-refractivity contribution < 1.29 is 0 Å². The minimum absolute atomic E-state index is 0.700. The van der Waals surface area contributed by atoms with Gasteiger partial charge in [0.05, 0.1) is 6.07 Å². The van der Waals surface area contributed by atoms with E-state index in [1.807, 2.05) is 0 Å². The maximum atomic E-state index is 8.43. The van der Waals surface area contributed by atoms with Gasteiger partial charge in [0.15, 0.2) is 0 Å². The van der Waals surface area contributed by atoms with Crippen LogP contribution in [0.2, 0.25) is 0 Å². The normalized spacial score (nSPS) is 17.6. The monoisotopic (exact) mass is 224 g/mol. The molecule has 0 aromatic carbocycles. The van der Waals surface area contributed by atoms with Crippen molar-refractivity contribution in [2.45, 2.75) is 19.3 Å². The van der Waals surface area contributed by atoms with Crippen LogP contribution in [0.1, 0.15) is 19.3 Å². The van der Waals surface area contributed by atoms with E-state index in [1.165, 1.54) is 19.6 Å². The molecule has 0 saturated carbocycles. The molecule has 1 rings (SSSR count). The number of nitrogens with one attached hydrogen (secondary N) is 1. The first-order valence-electron chi connectivity index (χ1n) is 6.31. The zero-order chi connectivity index (χ0) is 11.6. The van der Waals surface area contributed by atoms with Crippen LogP contribution in [-0.2, 0) is 0 Å². The number of nitrogens with zero attached hydrogens (tertiary/aromatic N) is 3. The van der Waals surface area contributed by atoms with Gasteiger partial charge in [0, 0.05) is 45.7 Å². The molecule has 1 aliphatic heterocycles. The Morgan fingerprint density at radius 3 is 2.69 bits per heavy atom. The average molecular weight is 224 g/mol. The molecule has 0 amide bonds. The molecule has 1 N–H and O–H groups in total. The molecule has 92 valence electrons. The summed E-state index contributed by atoms with van der Waals surface area (Å²) < 4.78 is 0. The van der Waals surface area contributed by atoms with Crippen LogP contribution in [0.4, 0.5) is 0 Å². The van der Waals surface area contributed by atoms with Gasteiger partial charge in [-0.3, -0.25) is 4.90 Å². The van der Waals surface area contributed by atoms with Gasteiger partial charge in [0.1, 0.15) is 0 Å². The van der Waals surface area contributed by atoms with E-state index in [2.05, 4.69) is 28.2 Å². The topological polar surface area (TPSA) is 42.3 Å². The van der Waals surface area contributed by atoms with Gasteiger partial charge in [-0.2, -0.15) is 5.26 Å². The van der Waals surface area contributed by atoms with Crippen LogP contribution in [0.25, 0.3) is 0 Å². The predicted octanol–water partition coefficient (Wildman–Crippen LogP) is 0.517. The summed E-state index contributed by atoms with van der Waals surface area (Å²) in [6.07, 6.45) is 2.88. The van der Waals surface area contributed by atoms with Gasteiger partial charge in [-0.05, 0) is 26.4 Å². The Morgan fingerprint density at radius 2 is 2.00 bits per heavy atom. The Hall–Kier alpha value is -0.630. The third-order valence-corrected chi connectivity index (χ3v) is 3.09. The summed E-state index contributed by atoms with van der Waals surface area (Å²) in [5, 5.41) is 11.8. The first-order valence-corrected chi connectivity index (χ1v) is 6.31. The number of hydrogen-bond acceptors (Lipinski definition) is 4. The number of hydrogen-bond donors (Lipinski definition) is 1. The molecule has 4 nitrogen and oxygen atoms in total. The number of piperazine rings is 1. The van der Waals surface area contributed by atoms with Crippen molar-refractivity contribution in [2.75, 3.05) is 52.9 Å². The summed E-state index contributed by atoms with van der Waals surface area (Å²) in [5.74, 6) is 0. The molecule has 0 atom stereocenters. The molecule has 0 unspecified atom stereocenters. The quantitative estimate of drug-likeness (QED) is 0.640. The Kier molecular flexibility index (Phi) is 7.15. The second-order valence-corrected chi connectivity index (χ2v) is 4.51. The van der Waals surface area contributed by atoms with Gasteiger partial charge in [0.2, 0.25) is 0 Å². The number of likely N-dealkylation sites (N-methyl/N-ethyl adjacent to an activating group) is 1. The molecule has 1 fully saturated rings. The lowest BCUT2D eigenvalue weighted by molar-refractivity contribution is 0.204. The fraction of sp³-hybridized carbons (Fsp3) is 0.917. The highest BCUT2D eigenvalue weighted by Crippen LogP contribution is 1.97. The van der Waals surface area contributed by atoms with Crippen LogP contribution in [0.15, 0.2) is 0 Å². The van der Waals surface area contributed by atoms with Gasteiger partial charge in [0.25, 0.3) is 0 Å². The minimum atomic E-state index is 0.700. The molecule has 0 spiro atoms. The summed E-state index contributed by atoms with van der Waals surface area (Å²) in [6.45, 7) is 8.07. The molecule has 4 heteroatoms. The van der Waals surface area contributed by atoms with E-state index in [9.17, 15) is 0 Å². The second kappa shape index (κ2) is 8.51. The summed E-state index contributed by atoms with van der Waals surface area (Å²) in [6, 6.07) is 2.19. The summed E-state index contributed by atoms with van der Waals surface area (Å²) in [7, 11) is 2.18. The summed E-state index contributed by atoms with van der Waals surface area (Å²) >= 11 is 0. The Morgan fingerprint density at radius 1 is 1.25 bits per heavy atom. The number of rotatable bonds is 7. The van der Waals surface area contributed by atoms with Crippen molar-refractivity contribution in [3.05, 3.63) is 0 Å². The average Bonchev–Trinajstić information content (AvgIpc) is 2.33. The highest BCUT2D eigenvalue weighted by Gasteiger charge is 2.09. The van der Waals surface area contributed by atoms with Crippen LogP contribution >= 0.6 is 0 Å². The third kappa shape index (κ3) is 6.06. The van der Waals surface area contributed by atoms with Gasteiger partial charge in [-0.15, -0.1) is 0 Å². The highest BCUT2D eigenvalue weighted by atomic mass is 15.2. The molecule has 1 heterocycles. The van der Waals surface area contributed by atoms with Gasteiger partial charge < -0.3 is 10.2 Å². The molecule has 1 saturated heterocycles. The van der Waals surface area contributed by atoms with Crippen molar-refractivity contribution in [1.29, 1.82) is 5.26 Å². The SMILES string of the molecule is CN(CCCCC#N)CCN1CCNCC1. The van der Waals surface area contributed by atoms with Crippen molar-refractivity contribution in [3.63, 3.8) is 0 Å². The van der Waals surface area contributed by atoms with Crippen molar-refractivity contribution in [3.8, 4) is 6.07 Å². The zero-order valence-electron chi connectivity index (χ0n) is 10.4. The minimum Gasteiger partial charge on any atom is -0.314 e. The molecule has 0 aliphatic carbocycles. The maximum absolute atomic E-state index is 8.43. The molecular weight excluding hydrogens is 200 g/mol. The lowest BCUT2D eigenvalue weighted by Crippen LogP contribution is -2.46. The molecular formula is C12H24N4. The first kappa shape index (κ1) is 13.4. The van der Waals surface area contributed by atoms with E-state index in [0.717, 1.165) is 39.0 Å². The van der Waals surface area contributed by atoms with Crippen molar-refractivity contribution in [1.82, 2.24) is 15.1 Å². The maximum Gasteiger partial charge on any atom is 0.0621 e. The van der Waals surface area contributed by atoms with Crippen LogP contribution in [-0.4, -0.2) is 62.7 Å². The first-order chi connectivity index (χ1) is 7.83. The largest absolute Gasteiger partial charge is 0.314 e. The Labute approximate surface area is 99.2 Å².